The van der Waals surface area contributed by atoms with Crippen LogP contribution in [0, 0.1) is 10.1 Å². The van der Waals surface area contributed by atoms with E-state index < -0.39 is 29.0 Å². The summed E-state index contributed by atoms with van der Waals surface area (Å²) in [6.45, 7) is 1.34. The standard InChI is InChI=1S/C17H14N2O7/c1-11(15(20)25-14-9-7-13(8-10-14)19(23)24)18-17(22)26-16(21)12-5-3-2-4-6-12/h2-11H,1H3,(H,18,22)/t11-/m0/s1. The number of esters is 2. The number of nitrogens with zero attached hydrogens (tertiary/aromatic N) is 1. The quantitative estimate of drug-likeness (QED) is 0.286. The van der Waals surface area contributed by atoms with E-state index in [-0.39, 0.29) is 17.0 Å². The molecule has 0 aromatic heterocycles. The van der Waals surface area contributed by atoms with E-state index in [4.69, 9.17) is 4.74 Å². The first-order valence-corrected chi connectivity index (χ1v) is 7.40. The molecule has 0 radical (unpaired) electrons. The molecule has 0 aliphatic heterocycles. The number of hydrogen-bond donors (Lipinski definition) is 1. The van der Waals surface area contributed by atoms with Crippen LogP contribution in [0.15, 0.2) is 54.6 Å². The van der Waals surface area contributed by atoms with Gasteiger partial charge in [0, 0.05) is 12.1 Å². The molecule has 134 valence electrons. The molecule has 0 heterocycles. The Labute approximate surface area is 147 Å². The molecule has 1 atom stereocenters. The summed E-state index contributed by atoms with van der Waals surface area (Å²) >= 11 is 0. The maximum Gasteiger partial charge on any atom is 0.415 e. The summed E-state index contributed by atoms with van der Waals surface area (Å²) < 4.78 is 9.56. The number of carbonyl (C=O) groups is 3. The Morgan fingerprint density at radius 3 is 2.23 bits per heavy atom. The molecule has 9 nitrogen and oxygen atoms in total. The first-order valence-electron chi connectivity index (χ1n) is 7.40. The lowest BCUT2D eigenvalue weighted by Gasteiger charge is -2.12. The van der Waals surface area contributed by atoms with E-state index in [1.54, 1.807) is 18.2 Å². The highest BCUT2D eigenvalue weighted by Crippen LogP contribution is 2.17. The molecule has 0 fully saturated rings. The zero-order valence-corrected chi connectivity index (χ0v) is 13.6. The molecule has 0 bridgehead atoms. The lowest BCUT2D eigenvalue weighted by Crippen LogP contribution is -2.41. The number of benzene rings is 2. The first-order chi connectivity index (χ1) is 12.4. The third-order valence-corrected chi connectivity index (χ3v) is 3.15. The van der Waals surface area contributed by atoms with Gasteiger partial charge in [0.1, 0.15) is 11.8 Å². The number of nitro benzene ring substituents is 1. The van der Waals surface area contributed by atoms with Gasteiger partial charge < -0.3 is 14.8 Å². The maximum atomic E-state index is 11.9. The largest absolute Gasteiger partial charge is 0.425 e. The van der Waals surface area contributed by atoms with Crippen LogP contribution in [0.5, 0.6) is 5.75 Å². The summed E-state index contributed by atoms with van der Waals surface area (Å²) in [7, 11) is 0. The van der Waals surface area contributed by atoms with Crippen molar-refractivity contribution in [1.29, 1.82) is 0 Å². The molecule has 0 unspecified atom stereocenters. The molecule has 9 heteroatoms. The number of non-ortho nitro benzene ring substituents is 1. The summed E-state index contributed by atoms with van der Waals surface area (Å²) in [5.74, 6) is -1.62. The lowest BCUT2D eigenvalue weighted by molar-refractivity contribution is -0.384. The highest BCUT2D eigenvalue weighted by Gasteiger charge is 2.21. The van der Waals surface area contributed by atoms with Gasteiger partial charge in [0.15, 0.2) is 0 Å². The minimum absolute atomic E-state index is 0.0722. The Morgan fingerprint density at radius 2 is 1.65 bits per heavy atom. The molecule has 0 aliphatic carbocycles. The number of ether oxygens (including phenoxy) is 2. The van der Waals surface area contributed by atoms with E-state index in [2.05, 4.69) is 10.1 Å². The van der Waals surface area contributed by atoms with Crippen molar-refractivity contribution in [2.45, 2.75) is 13.0 Å². The number of carbonyl (C=O) groups excluding carboxylic acids is 3. The van der Waals surface area contributed by atoms with Gasteiger partial charge in [0.2, 0.25) is 0 Å². The Balaban J connectivity index is 1.87. The van der Waals surface area contributed by atoms with Gasteiger partial charge >= 0.3 is 18.0 Å². The Bertz CT molecular complexity index is 819. The molecule has 0 aliphatic rings. The molecule has 1 N–H and O–H groups in total. The first kappa shape index (κ1) is 18.6. The van der Waals surface area contributed by atoms with Gasteiger partial charge in [-0.3, -0.25) is 10.1 Å². The second-order valence-corrected chi connectivity index (χ2v) is 5.08. The van der Waals surface area contributed by atoms with E-state index in [1.165, 1.54) is 43.3 Å². The van der Waals surface area contributed by atoms with Crippen molar-refractivity contribution in [2.75, 3.05) is 0 Å². The van der Waals surface area contributed by atoms with Gasteiger partial charge in [-0.25, -0.2) is 14.4 Å². The molecule has 2 aromatic rings. The molecule has 0 saturated carbocycles. The van der Waals surface area contributed by atoms with Gasteiger partial charge in [0.05, 0.1) is 10.5 Å². The molecule has 0 spiro atoms. The number of alkyl carbamates (subject to hydrolysis) is 1. The van der Waals surface area contributed by atoms with Gasteiger partial charge in [-0.15, -0.1) is 0 Å². The molecular formula is C17H14N2O7. The Hall–Kier alpha value is -3.75. The van der Waals surface area contributed by atoms with Crippen molar-refractivity contribution in [3.8, 4) is 5.75 Å². The van der Waals surface area contributed by atoms with Crippen molar-refractivity contribution >= 4 is 23.7 Å². The average Bonchev–Trinajstić information content (AvgIpc) is 2.62. The van der Waals surface area contributed by atoms with Gasteiger partial charge in [-0.2, -0.15) is 0 Å². The number of rotatable bonds is 5. The second-order valence-electron chi connectivity index (χ2n) is 5.08. The number of amides is 1. The van der Waals surface area contributed by atoms with Crippen LogP contribution in [-0.4, -0.2) is 29.0 Å². The predicted octanol–water partition coefficient (Wildman–Crippen LogP) is 2.46. The topological polar surface area (TPSA) is 125 Å². The van der Waals surface area contributed by atoms with E-state index in [0.29, 0.717) is 0 Å². The van der Waals surface area contributed by atoms with E-state index in [9.17, 15) is 24.5 Å². The zero-order valence-electron chi connectivity index (χ0n) is 13.6. The fourth-order valence-electron chi connectivity index (χ4n) is 1.82. The van der Waals surface area contributed by atoms with Gasteiger partial charge in [-0.1, -0.05) is 18.2 Å². The van der Waals surface area contributed by atoms with Crippen molar-refractivity contribution < 1.29 is 28.8 Å². The van der Waals surface area contributed by atoms with Crippen molar-refractivity contribution in [1.82, 2.24) is 5.32 Å². The van der Waals surface area contributed by atoms with E-state index in [1.807, 2.05) is 0 Å². The van der Waals surface area contributed by atoms with Crippen LogP contribution in [0.2, 0.25) is 0 Å². The Kier molecular flexibility index (Phi) is 5.99. The third-order valence-electron chi connectivity index (χ3n) is 3.15. The van der Waals surface area contributed by atoms with Crippen LogP contribution in [-0.2, 0) is 9.53 Å². The third kappa shape index (κ3) is 5.13. The van der Waals surface area contributed by atoms with Gasteiger partial charge in [0.25, 0.3) is 5.69 Å². The molecule has 2 aromatic carbocycles. The fourth-order valence-corrected chi connectivity index (χ4v) is 1.82. The normalized spacial score (nSPS) is 11.1. The highest BCUT2D eigenvalue weighted by atomic mass is 16.6. The predicted molar refractivity (Wildman–Crippen MR) is 88.6 cm³/mol. The molecule has 0 saturated heterocycles. The van der Waals surface area contributed by atoms with Crippen LogP contribution < -0.4 is 10.1 Å². The van der Waals surface area contributed by atoms with Crippen molar-refractivity contribution in [3.63, 3.8) is 0 Å². The maximum absolute atomic E-state index is 11.9. The van der Waals surface area contributed by atoms with Crippen molar-refractivity contribution in [3.05, 3.63) is 70.3 Å². The van der Waals surface area contributed by atoms with E-state index >= 15 is 0 Å². The minimum atomic E-state index is -1.11. The molecular weight excluding hydrogens is 344 g/mol. The van der Waals surface area contributed by atoms with Gasteiger partial charge in [-0.05, 0) is 31.2 Å². The molecule has 1 amide bonds. The number of nitro groups is 1. The lowest BCUT2D eigenvalue weighted by atomic mass is 10.2. The SMILES string of the molecule is C[C@H](NC(=O)OC(=O)c1ccccc1)C(=O)Oc1ccc([N+](=O)[O-])cc1. The van der Waals surface area contributed by atoms with Crippen LogP contribution in [0.3, 0.4) is 0 Å². The van der Waals surface area contributed by atoms with Crippen LogP contribution >= 0.6 is 0 Å². The van der Waals surface area contributed by atoms with Crippen LogP contribution in [0.1, 0.15) is 17.3 Å². The minimum Gasteiger partial charge on any atom is -0.425 e. The molecule has 2 rings (SSSR count). The second kappa shape index (κ2) is 8.38. The fraction of sp³-hybridized carbons (Fsp3) is 0.118. The van der Waals surface area contributed by atoms with Crippen LogP contribution in [0.4, 0.5) is 10.5 Å². The average molecular weight is 358 g/mol. The highest BCUT2D eigenvalue weighted by molar-refractivity contribution is 5.97. The summed E-state index contributed by atoms with van der Waals surface area (Å²) in [5, 5.41) is 12.7. The van der Waals surface area contributed by atoms with Crippen molar-refractivity contribution in [2.24, 2.45) is 0 Å². The smallest absolute Gasteiger partial charge is 0.415 e. The Morgan fingerprint density at radius 1 is 1.04 bits per heavy atom. The zero-order chi connectivity index (χ0) is 19.1. The van der Waals surface area contributed by atoms with Crippen LogP contribution in [0.25, 0.3) is 0 Å². The monoisotopic (exact) mass is 358 g/mol. The molecule has 26 heavy (non-hydrogen) atoms. The van der Waals surface area contributed by atoms with E-state index in [0.717, 1.165) is 0 Å². The number of hydrogen-bond acceptors (Lipinski definition) is 7. The summed E-state index contributed by atoms with van der Waals surface area (Å²) in [5.41, 5.74) is 0.0303. The number of nitrogens with one attached hydrogen (secondary N) is 1. The summed E-state index contributed by atoms with van der Waals surface area (Å²) in [6, 6.07) is 11.6. The summed E-state index contributed by atoms with van der Waals surface area (Å²) in [4.78, 5) is 45.3. The summed E-state index contributed by atoms with van der Waals surface area (Å²) in [6.07, 6.45) is -1.10.